The van der Waals surface area contributed by atoms with E-state index in [1.165, 1.54) is 17.7 Å². The van der Waals surface area contributed by atoms with Crippen LogP contribution in [0.5, 0.6) is 5.75 Å². The van der Waals surface area contributed by atoms with E-state index in [2.05, 4.69) is 36.3 Å². The summed E-state index contributed by atoms with van der Waals surface area (Å²) in [7, 11) is 0. The third-order valence-electron chi connectivity index (χ3n) is 4.16. The molecule has 0 aliphatic heterocycles. The van der Waals surface area contributed by atoms with Crippen molar-refractivity contribution in [2.45, 2.75) is 31.9 Å². The molecular weight excluding hydrogens is 336 g/mol. The normalized spacial score (nSPS) is 13.2. The molecule has 1 unspecified atom stereocenters. The molecule has 0 spiro atoms. The van der Waals surface area contributed by atoms with E-state index in [-0.39, 0.29) is 16.2 Å². The van der Waals surface area contributed by atoms with Crippen LogP contribution in [0.25, 0.3) is 10.2 Å². The van der Waals surface area contributed by atoms with Gasteiger partial charge in [0.1, 0.15) is 5.75 Å². The predicted molar refractivity (Wildman–Crippen MR) is 101 cm³/mol. The van der Waals surface area contributed by atoms with Crippen molar-refractivity contribution < 1.29 is 10.2 Å². The lowest BCUT2D eigenvalue weighted by Crippen LogP contribution is -2.43. The van der Waals surface area contributed by atoms with Gasteiger partial charge in [-0.2, -0.15) is 0 Å². The van der Waals surface area contributed by atoms with Gasteiger partial charge in [-0.05, 0) is 31.9 Å². The first-order chi connectivity index (χ1) is 11.8. The molecule has 6 heteroatoms. The minimum absolute atomic E-state index is 0.0270. The summed E-state index contributed by atoms with van der Waals surface area (Å²) < 4.78 is 0.679. The summed E-state index contributed by atoms with van der Waals surface area (Å²) in [5.74, 6) is 0.0270. The number of aromatic amines is 1. The maximum absolute atomic E-state index is 11.6. The summed E-state index contributed by atoms with van der Waals surface area (Å²) in [5.41, 5.74) is 2.12. The molecule has 0 bridgehead atoms. The van der Waals surface area contributed by atoms with Crippen LogP contribution in [0.3, 0.4) is 0 Å². The highest BCUT2D eigenvalue weighted by molar-refractivity contribution is 7.16. The molecule has 3 aromatic rings. The molecule has 0 fully saturated rings. The number of aliphatic hydroxyl groups is 1. The molecule has 5 nitrogen and oxygen atoms in total. The number of phenols is 1. The average molecular weight is 358 g/mol. The quantitative estimate of drug-likeness (QED) is 0.546. The molecule has 25 heavy (non-hydrogen) atoms. The molecule has 3 rings (SSSR count). The number of fused-ring (bicyclic) bond motifs is 1. The second kappa shape index (κ2) is 7.00. The Kier molecular flexibility index (Phi) is 4.94. The van der Waals surface area contributed by atoms with Crippen molar-refractivity contribution >= 4 is 21.6 Å². The highest BCUT2D eigenvalue weighted by Gasteiger charge is 2.21. The van der Waals surface area contributed by atoms with Gasteiger partial charge in [0, 0.05) is 23.7 Å². The van der Waals surface area contributed by atoms with Gasteiger partial charge in [-0.15, -0.1) is 0 Å². The van der Waals surface area contributed by atoms with E-state index in [0.29, 0.717) is 22.3 Å². The van der Waals surface area contributed by atoms with Crippen LogP contribution >= 0.6 is 11.3 Å². The lowest BCUT2D eigenvalue weighted by atomic mass is 9.94. The van der Waals surface area contributed by atoms with Gasteiger partial charge in [0.15, 0.2) is 0 Å². The molecule has 4 N–H and O–H groups in total. The smallest absolute Gasteiger partial charge is 0.305 e. The van der Waals surface area contributed by atoms with Crippen molar-refractivity contribution in [2.75, 3.05) is 6.54 Å². The third kappa shape index (κ3) is 4.28. The summed E-state index contributed by atoms with van der Waals surface area (Å²) >= 11 is 1.04. The molecule has 2 aromatic carbocycles. The van der Waals surface area contributed by atoms with E-state index in [1.807, 2.05) is 18.2 Å². The van der Waals surface area contributed by atoms with Gasteiger partial charge in [0.05, 0.1) is 16.3 Å². The summed E-state index contributed by atoms with van der Waals surface area (Å²) in [5, 5.41) is 23.8. The first kappa shape index (κ1) is 17.7. The monoisotopic (exact) mass is 358 g/mol. The van der Waals surface area contributed by atoms with Crippen LogP contribution in [0.15, 0.2) is 47.3 Å². The largest absolute Gasteiger partial charge is 0.508 e. The molecule has 0 radical (unpaired) electrons. The van der Waals surface area contributed by atoms with E-state index in [1.54, 1.807) is 0 Å². The summed E-state index contributed by atoms with van der Waals surface area (Å²) in [6.45, 7) is 4.49. The lowest BCUT2D eigenvalue weighted by molar-refractivity contribution is 0.162. The highest BCUT2D eigenvalue weighted by atomic mass is 32.1. The fourth-order valence-corrected chi connectivity index (χ4v) is 3.85. The van der Waals surface area contributed by atoms with Crippen LogP contribution in [0.2, 0.25) is 0 Å². The Morgan fingerprint density at radius 2 is 1.96 bits per heavy atom. The Bertz CT molecular complexity index is 915. The van der Waals surface area contributed by atoms with E-state index in [9.17, 15) is 15.0 Å². The van der Waals surface area contributed by atoms with E-state index >= 15 is 0 Å². The Morgan fingerprint density at radius 1 is 1.24 bits per heavy atom. The van der Waals surface area contributed by atoms with E-state index < -0.39 is 6.10 Å². The molecule has 1 heterocycles. The molecule has 0 aliphatic carbocycles. The fraction of sp³-hybridized carbons (Fsp3) is 0.316. The first-order valence-corrected chi connectivity index (χ1v) is 8.98. The first-order valence-electron chi connectivity index (χ1n) is 8.17. The van der Waals surface area contributed by atoms with Gasteiger partial charge in [0.2, 0.25) is 0 Å². The standard InChI is InChI=1S/C19H22N2O3S/c1-19(2,10-12-6-4-3-5-7-12)20-11-16(23)14-8-13(22)9-15-17(14)25-18(24)21-15/h3-9,16,20,22-23H,10-11H2,1-2H3,(H,21,24). The van der Waals surface area contributed by atoms with E-state index in [4.69, 9.17) is 0 Å². The SMILES string of the molecule is CC(C)(Cc1ccccc1)NCC(O)c1cc(O)cc2[nH]c(=O)sc12. The minimum atomic E-state index is -0.823. The number of aromatic hydroxyl groups is 1. The summed E-state index contributed by atoms with van der Waals surface area (Å²) in [6, 6.07) is 13.2. The number of rotatable bonds is 6. The summed E-state index contributed by atoms with van der Waals surface area (Å²) in [6.07, 6.45) is 0.00383. The van der Waals surface area contributed by atoms with Crippen LogP contribution < -0.4 is 10.2 Å². The molecule has 0 amide bonds. The number of hydrogen-bond donors (Lipinski definition) is 4. The van der Waals surface area contributed by atoms with Crippen molar-refractivity contribution in [1.29, 1.82) is 0 Å². The zero-order valence-corrected chi connectivity index (χ0v) is 15.1. The van der Waals surface area contributed by atoms with Crippen molar-refractivity contribution in [3.63, 3.8) is 0 Å². The lowest BCUT2D eigenvalue weighted by Gasteiger charge is -2.28. The maximum Gasteiger partial charge on any atom is 0.305 e. The van der Waals surface area contributed by atoms with Gasteiger partial charge in [-0.3, -0.25) is 4.79 Å². The van der Waals surface area contributed by atoms with Crippen molar-refractivity contribution in [3.05, 3.63) is 63.3 Å². The number of H-pyrrole nitrogens is 1. The van der Waals surface area contributed by atoms with Gasteiger partial charge in [-0.25, -0.2) is 0 Å². The number of benzene rings is 2. The minimum Gasteiger partial charge on any atom is -0.508 e. The van der Waals surface area contributed by atoms with Gasteiger partial charge >= 0.3 is 4.87 Å². The number of thiazole rings is 1. The second-order valence-corrected chi connectivity index (χ2v) is 7.85. The molecule has 1 aromatic heterocycles. The Labute approximate surface area is 150 Å². The highest BCUT2D eigenvalue weighted by Crippen LogP contribution is 2.30. The Balaban J connectivity index is 1.74. The van der Waals surface area contributed by atoms with Crippen LogP contribution in [0.4, 0.5) is 0 Å². The van der Waals surface area contributed by atoms with Crippen molar-refractivity contribution in [3.8, 4) is 5.75 Å². The molecule has 1 atom stereocenters. The third-order valence-corrected chi connectivity index (χ3v) is 5.10. The second-order valence-electron chi connectivity index (χ2n) is 6.87. The van der Waals surface area contributed by atoms with Crippen molar-refractivity contribution in [1.82, 2.24) is 10.3 Å². The number of hydrogen-bond acceptors (Lipinski definition) is 5. The van der Waals surface area contributed by atoms with Crippen LogP contribution in [-0.4, -0.2) is 27.3 Å². The molecule has 132 valence electrons. The zero-order valence-electron chi connectivity index (χ0n) is 14.2. The number of nitrogens with one attached hydrogen (secondary N) is 2. The molecule has 0 saturated carbocycles. The predicted octanol–water partition coefficient (Wildman–Crippen LogP) is 2.94. The number of aliphatic hydroxyl groups excluding tert-OH is 1. The maximum atomic E-state index is 11.6. The van der Waals surface area contributed by atoms with Crippen molar-refractivity contribution in [2.24, 2.45) is 0 Å². The van der Waals surface area contributed by atoms with E-state index in [0.717, 1.165) is 17.8 Å². The fourth-order valence-electron chi connectivity index (χ4n) is 2.97. The van der Waals surface area contributed by atoms with Crippen LogP contribution in [0, 0.1) is 0 Å². The number of β-amino-alcohol motifs (C(OH)–C–C–N with tert-alkyl or cyclic N) is 1. The van der Waals surface area contributed by atoms with Gasteiger partial charge < -0.3 is 20.5 Å². The number of phenolic OH excluding ortho intramolecular Hbond substituents is 1. The molecule has 0 aliphatic rings. The Morgan fingerprint density at radius 3 is 2.68 bits per heavy atom. The van der Waals surface area contributed by atoms with Gasteiger partial charge in [-0.1, -0.05) is 41.7 Å². The van der Waals surface area contributed by atoms with Gasteiger partial charge in [0.25, 0.3) is 0 Å². The van der Waals surface area contributed by atoms with Crippen LogP contribution in [0.1, 0.15) is 31.1 Å². The topological polar surface area (TPSA) is 85.3 Å². The molecule has 0 saturated heterocycles. The molecular formula is C19H22N2O3S. The average Bonchev–Trinajstić information content (AvgIpc) is 2.92. The summed E-state index contributed by atoms with van der Waals surface area (Å²) in [4.78, 5) is 14.0. The number of aromatic nitrogens is 1. The Hall–Kier alpha value is -2.15. The van der Waals surface area contributed by atoms with Crippen LogP contribution in [-0.2, 0) is 6.42 Å². The zero-order chi connectivity index (χ0) is 18.0.